The van der Waals surface area contributed by atoms with Gasteiger partial charge in [0.25, 0.3) is 0 Å². The molecule has 0 fully saturated rings. The van der Waals surface area contributed by atoms with Crippen LogP contribution in [0.15, 0.2) is 11.3 Å². The van der Waals surface area contributed by atoms with E-state index in [2.05, 4.69) is 5.32 Å². The van der Waals surface area contributed by atoms with Gasteiger partial charge in [0, 0.05) is 31.8 Å². The number of ether oxygens (including phenoxy) is 2. The van der Waals surface area contributed by atoms with Crippen LogP contribution < -0.4 is 5.32 Å². The van der Waals surface area contributed by atoms with E-state index >= 15 is 0 Å². The highest BCUT2D eigenvalue weighted by atomic mass is 16.6. The second-order valence-electron chi connectivity index (χ2n) is 8.48. The number of methoxy groups -OCH3 is 1. The first kappa shape index (κ1) is 24.8. The number of nitrogens with one attached hydrogen (secondary N) is 1. The van der Waals surface area contributed by atoms with Crippen LogP contribution in [0.2, 0.25) is 0 Å². The van der Waals surface area contributed by atoms with E-state index in [4.69, 9.17) is 9.47 Å². The Morgan fingerprint density at radius 1 is 1.17 bits per heavy atom. The topological polar surface area (TPSA) is 88.2 Å². The third kappa shape index (κ3) is 6.94. The molecule has 8 nitrogen and oxygen atoms in total. The van der Waals surface area contributed by atoms with Crippen LogP contribution in [0.5, 0.6) is 0 Å². The van der Waals surface area contributed by atoms with Crippen LogP contribution in [-0.2, 0) is 19.1 Å². The second-order valence-corrected chi connectivity index (χ2v) is 8.48. The molecule has 29 heavy (non-hydrogen) atoms. The van der Waals surface area contributed by atoms with Gasteiger partial charge in [0.2, 0.25) is 5.91 Å². The van der Waals surface area contributed by atoms with E-state index < -0.39 is 23.7 Å². The smallest absolute Gasteiger partial charge is 0.410 e. The fourth-order valence-electron chi connectivity index (χ4n) is 3.15. The van der Waals surface area contributed by atoms with Gasteiger partial charge in [0.1, 0.15) is 11.6 Å². The van der Waals surface area contributed by atoms with Gasteiger partial charge in [-0.1, -0.05) is 13.8 Å². The van der Waals surface area contributed by atoms with E-state index in [9.17, 15) is 14.4 Å². The number of esters is 1. The lowest BCUT2D eigenvalue weighted by Crippen LogP contribution is -2.51. The molecular formula is C21H37N3O5. The monoisotopic (exact) mass is 411 g/mol. The summed E-state index contributed by atoms with van der Waals surface area (Å²) in [6.07, 6.45) is -0.0594. The van der Waals surface area contributed by atoms with Crippen LogP contribution in [0.4, 0.5) is 4.79 Å². The van der Waals surface area contributed by atoms with Crippen LogP contribution in [-0.4, -0.2) is 72.7 Å². The highest BCUT2D eigenvalue weighted by molar-refractivity contribution is 5.91. The van der Waals surface area contributed by atoms with Gasteiger partial charge in [-0.05, 0) is 40.5 Å². The van der Waals surface area contributed by atoms with E-state index in [1.807, 2.05) is 27.7 Å². The first-order valence-electron chi connectivity index (χ1n) is 10.3. The summed E-state index contributed by atoms with van der Waals surface area (Å²) in [6.45, 7) is 14.9. The largest absolute Gasteiger partial charge is 0.466 e. The molecule has 1 aliphatic heterocycles. The molecule has 1 aliphatic rings. The Balaban J connectivity index is 3.13. The summed E-state index contributed by atoms with van der Waals surface area (Å²) < 4.78 is 10.4. The number of carbonyl (C=O) groups excluding carboxylic acids is 3. The summed E-state index contributed by atoms with van der Waals surface area (Å²) in [6, 6.07) is -0.461. The molecule has 1 N–H and O–H groups in total. The van der Waals surface area contributed by atoms with Gasteiger partial charge in [-0.25, -0.2) is 9.59 Å². The third-order valence-corrected chi connectivity index (χ3v) is 4.77. The summed E-state index contributed by atoms with van der Waals surface area (Å²) in [5, 5.41) is 3.29. The Morgan fingerprint density at radius 3 is 2.21 bits per heavy atom. The second kappa shape index (κ2) is 10.5. The number of nitrogens with zero attached hydrogens (tertiary/aromatic N) is 2. The summed E-state index contributed by atoms with van der Waals surface area (Å²) >= 11 is 0. The van der Waals surface area contributed by atoms with Crippen molar-refractivity contribution in [2.45, 2.75) is 66.5 Å². The van der Waals surface area contributed by atoms with Crippen molar-refractivity contribution < 1.29 is 23.9 Å². The van der Waals surface area contributed by atoms with Gasteiger partial charge in [-0.15, -0.1) is 0 Å². The van der Waals surface area contributed by atoms with Gasteiger partial charge in [0.15, 0.2) is 0 Å². The lowest BCUT2D eigenvalue weighted by Gasteiger charge is -2.35. The van der Waals surface area contributed by atoms with Crippen molar-refractivity contribution in [1.82, 2.24) is 15.1 Å². The molecule has 0 saturated heterocycles. The molecule has 0 unspecified atom stereocenters. The Kier molecular flexibility index (Phi) is 8.98. The van der Waals surface area contributed by atoms with Gasteiger partial charge in [0.05, 0.1) is 19.2 Å². The van der Waals surface area contributed by atoms with Crippen molar-refractivity contribution in [3.8, 4) is 0 Å². The Labute approximate surface area is 174 Å². The maximum Gasteiger partial charge on any atom is 0.410 e. The zero-order valence-electron chi connectivity index (χ0n) is 19.1. The van der Waals surface area contributed by atoms with Crippen molar-refractivity contribution in [2.75, 3.05) is 33.3 Å². The van der Waals surface area contributed by atoms with Crippen LogP contribution >= 0.6 is 0 Å². The van der Waals surface area contributed by atoms with E-state index in [0.29, 0.717) is 37.3 Å². The summed E-state index contributed by atoms with van der Waals surface area (Å²) in [5.74, 6) is -0.492. The standard InChI is InChI=1S/C21H37N3O5/c1-9-23(10-2)18(25)17(14(3)4)22-16-11-12-24(13-15(16)19(26)28-8)20(27)29-21(5,6)7/h14,17,22H,9-13H2,1-8H3/t17-/m0/s1. The molecule has 0 radical (unpaired) electrons. The average molecular weight is 412 g/mol. The Hall–Kier alpha value is -2.25. The van der Waals surface area contributed by atoms with Gasteiger partial charge < -0.3 is 24.6 Å². The summed E-state index contributed by atoms with van der Waals surface area (Å²) in [7, 11) is 1.31. The molecule has 2 amide bonds. The predicted octanol–water partition coefficient (Wildman–Crippen LogP) is 2.54. The molecule has 0 saturated carbocycles. The average Bonchev–Trinajstić information content (AvgIpc) is 2.64. The number of hydrogen-bond acceptors (Lipinski definition) is 6. The summed E-state index contributed by atoms with van der Waals surface area (Å²) in [5.41, 5.74) is 0.377. The molecule has 1 atom stereocenters. The van der Waals surface area contributed by atoms with E-state index in [-0.39, 0.29) is 18.4 Å². The third-order valence-electron chi connectivity index (χ3n) is 4.77. The molecule has 0 aromatic carbocycles. The van der Waals surface area contributed by atoms with Crippen molar-refractivity contribution >= 4 is 18.0 Å². The molecule has 0 spiro atoms. The zero-order chi connectivity index (χ0) is 22.4. The normalized spacial score (nSPS) is 15.8. The van der Waals surface area contributed by atoms with E-state index in [0.717, 1.165) is 0 Å². The molecule has 0 aromatic rings. The lowest BCUT2D eigenvalue weighted by molar-refractivity contribution is -0.137. The fraction of sp³-hybridized carbons (Fsp3) is 0.762. The van der Waals surface area contributed by atoms with Crippen LogP contribution in [0, 0.1) is 5.92 Å². The molecule has 166 valence electrons. The minimum Gasteiger partial charge on any atom is -0.466 e. The molecule has 1 heterocycles. The number of amides is 2. The number of hydrogen-bond donors (Lipinski definition) is 1. The van der Waals surface area contributed by atoms with Crippen molar-refractivity contribution in [3.05, 3.63) is 11.3 Å². The number of likely N-dealkylation sites (N-methyl/N-ethyl adjacent to an activating group) is 1. The quantitative estimate of drug-likeness (QED) is 0.648. The highest BCUT2D eigenvalue weighted by Crippen LogP contribution is 2.22. The van der Waals surface area contributed by atoms with Gasteiger partial charge in [-0.3, -0.25) is 4.79 Å². The van der Waals surface area contributed by atoms with Crippen LogP contribution in [0.25, 0.3) is 0 Å². The predicted molar refractivity (Wildman–Crippen MR) is 111 cm³/mol. The van der Waals surface area contributed by atoms with Gasteiger partial charge >= 0.3 is 12.1 Å². The molecule has 0 aromatic heterocycles. The van der Waals surface area contributed by atoms with Gasteiger partial charge in [-0.2, -0.15) is 0 Å². The minimum absolute atomic E-state index is 0.00344. The fourth-order valence-corrected chi connectivity index (χ4v) is 3.15. The minimum atomic E-state index is -0.621. The maximum absolute atomic E-state index is 12.9. The first-order valence-corrected chi connectivity index (χ1v) is 10.3. The van der Waals surface area contributed by atoms with Crippen molar-refractivity contribution in [2.24, 2.45) is 5.92 Å². The van der Waals surface area contributed by atoms with Crippen molar-refractivity contribution in [1.29, 1.82) is 0 Å². The van der Waals surface area contributed by atoms with Crippen LogP contribution in [0.1, 0.15) is 54.9 Å². The van der Waals surface area contributed by atoms with Crippen LogP contribution in [0.3, 0.4) is 0 Å². The molecule has 8 heteroatoms. The van der Waals surface area contributed by atoms with Crippen molar-refractivity contribution in [3.63, 3.8) is 0 Å². The maximum atomic E-state index is 12.9. The molecule has 1 rings (SSSR count). The number of rotatable bonds is 7. The highest BCUT2D eigenvalue weighted by Gasteiger charge is 2.33. The zero-order valence-corrected chi connectivity index (χ0v) is 19.1. The summed E-state index contributed by atoms with van der Waals surface area (Å²) in [4.78, 5) is 41.0. The molecule has 0 aliphatic carbocycles. The van der Waals surface area contributed by atoms with E-state index in [1.165, 1.54) is 12.0 Å². The molecule has 0 bridgehead atoms. The number of carbonyl (C=O) groups is 3. The lowest BCUT2D eigenvalue weighted by atomic mass is 9.99. The SMILES string of the molecule is CCN(CC)C(=O)[C@@H](NC1=C(C(=O)OC)CN(C(=O)OC(C)(C)C)CC1)C(C)C. The Bertz CT molecular complexity index is 633. The Morgan fingerprint density at radius 2 is 1.76 bits per heavy atom. The first-order chi connectivity index (χ1) is 13.4. The molecular weight excluding hydrogens is 374 g/mol. The van der Waals surface area contributed by atoms with E-state index in [1.54, 1.807) is 25.7 Å².